The largest absolute Gasteiger partial charge is 0.260 e. The number of hydrogen-bond donors (Lipinski definition) is 0. The number of aromatic nitrogens is 1. The van der Waals surface area contributed by atoms with Gasteiger partial charge in [0.1, 0.15) is 0 Å². The molecule has 0 fully saturated rings. The molecule has 0 N–H and O–H groups in total. The van der Waals surface area contributed by atoms with Crippen LogP contribution in [0.4, 0.5) is 0 Å². The summed E-state index contributed by atoms with van der Waals surface area (Å²) in [6.45, 7) is 0. The molecule has 1 heterocycles. The Bertz CT molecular complexity index is 499. The van der Waals surface area contributed by atoms with E-state index in [0.717, 1.165) is 5.69 Å². The molecule has 0 aliphatic heterocycles. The van der Waals surface area contributed by atoms with Crippen LogP contribution >= 0.6 is 0 Å². The summed E-state index contributed by atoms with van der Waals surface area (Å²) >= 11 is 0. The first-order valence-corrected chi connectivity index (χ1v) is 5.76. The molecule has 17 heavy (non-hydrogen) atoms. The summed E-state index contributed by atoms with van der Waals surface area (Å²) in [5.41, 5.74) is 2.13. The highest BCUT2D eigenvalue weighted by Gasteiger charge is 2.31. The van der Waals surface area contributed by atoms with E-state index in [1.807, 2.05) is 24.4 Å². The van der Waals surface area contributed by atoms with Crippen LogP contribution in [0, 0.1) is 0 Å². The van der Waals surface area contributed by atoms with E-state index in [1.54, 1.807) is 0 Å². The predicted molar refractivity (Wildman–Crippen MR) is 69.7 cm³/mol. The van der Waals surface area contributed by atoms with E-state index in [2.05, 4.69) is 59.6 Å². The van der Waals surface area contributed by atoms with Crippen LogP contribution in [0.15, 0.2) is 79.0 Å². The zero-order chi connectivity index (χ0) is 11.6. The third-order valence-electron chi connectivity index (χ3n) is 3.17. The molecule has 82 valence electrons. The summed E-state index contributed by atoms with van der Waals surface area (Å²) in [5, 5.41) is 0. The van der Waals surface area contributed by atoms with Crippen molar-refractivity contribution in [2.45, 2.75) is 5.41 Å². The number of rotatable bonds is 2. The fourth-order valence-corrected chi connectivity index (χ4v) is 2.30. The molecule has 0 saturated heterocycles. The monoisotopic (exact) mass is 219 g/mol. The molecule has 1 heteroatoms. The number of benzene rings is 1. The minimum absolute atomic E-state index is 0.192. The van der Waals surface area contributed by atoms with Crippen LogP contribution in [0.3, 0.4) is 0 Å². The quantitative estimate of drug-likeness (QED) is 0.753. The molecular formula is C16H13N. The molecule has 0 bridgehead atoms. The second-order valence-electron chi connectivity index (χ2n) is 4.17. The lowest BCUT2D eigenvalue weighted by molar-refractivity contribution is 0.787. The summed E-state index contributed by atoms with van der Waals surface area (Å²) in [4.78, 5) is 4.51. The molecule has 0 atom stereocenters. The highest BCUT2D eigenvalue weighted by Crippen LogP contribution is 2.36. The number of allylic oxidation sites excluding steroid dienone is 4. The standard InChI is InChI=1S/C16H13N/c1-2-8-14(9-3-1)16(11-5-6-12-16)15-10-4-7-13-17-15/h1-13H. The molecule has 0 saturated carbocycles. The molecule has 1 aliphatic carbocycles. The lowest BCUT2D eigenvalue weighted by Crippen LogP contribution is -2.22. The molecule has 2 aromatic rings. The summed E-state index contributed by atoms with van der Waals surface area (Å²) in [6.07, 6.45) is 10.4. The second kappa shape index (κ2) is 4.02. The van der Waals surface area contributed by atoms with Crippen LogP contribution in [0.1, 0.15) is 11.3 Å². The Labute approximate surface area is 101 Å². The van der Waals surface area contributed by atoms with Crippen LogP contribution in [0.5, 0.6) is 0 Å². The van der Waals surface area contributed by atoms with Gasteiger partial charge < -0.3 is 0 Å². The van der Waals surface area contributed by atoms with Gasteiger partial charge in [-0.2, -0.15) is 0 Å². The molecule has 3 rings (SSSR count). The maximum atomic E-state index is 4.51. The molecule has 1 nitrogen and oxygen atoms in total. The molecule has 1 aromatic heterocycles. The van der Waals surface area contributed by atoms with Gasteiger partial charge in [-0.25, -0.2) is 0 Å². The van der Waals surface area contributed by atoms with Gasteiger partial charge in [0, 0.05) is 6.20 Å². The van der Waals surface area contributed by atoms with E-state index >= 15 is 0 Å². The summed E-state index contributed by atoms with van der Waals surface area (Å²) < 4.78 is 0. The summed E-state index contributed by atoms with van der Waals surface area (Å²) in [7, 11) is 0. The number of pyridine rings is 1. The average molecular weight is 219 g/mol. The van der Waals surface area contributed by atoms with Gasteiger partial charge >= 0.3 is 0 Å². The maximum absolute atomic E-state index is 4.51. The van der Waals surface area contributed by atoms with Crippen molar-refractivity contribution in [2.24, 2.45) is 0 Å². The SMILES string of the molecule is C1=CC(c2ccccc2)(c2ccccn2)C=C1. The van der Waals surface area contributed by atoms with Gasteiger partial charge in [0.15, 0.2) is 0 Å². The highest BCUT2D eigenvalue weighted by atomic mass is 14.7. The highest BCUT2D eigenvalue weighted by molar-refractivity contribution is 5.50. The molecule has 0 unspecified atom stereocenters. The molecule has 0 radical (unpaired) electrons. The van der Waals surface area contributed by atoms with Crippen LogP contribution in [0.25, 0.3) is 0 Å². The van der Waals surface area contributed by atoms with Gasteiger partial charge in [-0.05, 0) is 17.7 Å². The van der Waals surface area contributed by atoms with Crippen LogP contribution < -0.4 is 0 Å². The third-order valence-corrected chi connectivity index (χ3v) is 3.17. The minimum Gasteiger partial charge on any atom is -0.260 e. The van der Waals surface area contributed by atoms with Gasteiger partial charge in [-0.1, -0.05) is 60.7 Å². The van der Waals surface area contributed by atoms with Crippen molar-refractivity contribution in [3.63, 3.8) is 0 Å². The van der Waals surface area contributed by atoms with E-state index < -0.39 is 0 Å². The van der Waals surface area contributed by atoms with Gasteiger partial charge in [-0.3, -0.25) is 4.98 Å². The van der Waals surface area contributed by atoms with Crippen LogP contribution in [-0.4, -0.2) is 4.98 Å². The zero-order valence-corrected chi connectivity index (χ0v) is 9.45. The lowest BCUT2D eigenvalue weighted by Gasteiger charge is -2.25. The van der Waals surface area contributed by atoms with E-state index in [4.69, 9.17) is 0 Å². The van der Waals surface area contributed by atoms with Gasteiger partial charge in [0.05, 0.1) is 11.1 Å². The maximum Gasteiger partial charge on any atom is 0.0741 e. The fourth-order valence-electron chi connectivity index (χ4n) is 2.30. The van der Waals surface area contributed by atoms with Crippen molar-refractivity contribution in [3.05, 3.63) is 90.3 Å². The Hall–Kier alpha value is -2.15. The van der Waals surface area contributed by atoms with E-state index in [-0.39, 0.29) is 5.41 Å². The third kappa shape index (κ3) is 1.60. The first-order chi connectivity index (χ1) is 8.42. The normalized spacial score (nSPS) is 16.2. The summed E-state index contributed by atoms with van der Waals surface area (Å²) in [5.74, 6) is 0. The Morgan fingerprint density at radius 1 is 0.765 bits per heavy atom. The van der Waals surface area contributed by atoms with Crippen molar-refractivity contribution in [2.75, 3.05) is 0 Å². The van der Waals surface area contributed by atoms with Crippen LogP contribution in [-0.2, 0) is 5.41 Å². The Balaban J connectivity index is 2.19. The first kappa shape index (κ1) is 10.0. The molecular weight excluding hydrogens is 206 g/mol. The average Bonchev–Trinajstić information content (AvgIpc) is 2.91. The van der Waals surface area contributed by atoms with E-state index in [9.17, 15) is 0 Å². The van der Waals surface area contributed by atoms with Gasteiger partial charge in [-0.15, -0.1) is 0 Å². The smallest absolute Gasteiger partial charge is 0.0741 e. The topological polar surface area (TPSA) is 12.9 Å². The van der Waals surface area contributed by atoms with Crippen molar-refractivity contribution in [1.29, 1.82) is 0 Å². The van der Waals surface area contributed by atoms with Gasteiger partial charge in [0.2, 0.25) is 0 Å². The molecule has 1 aliphatic rings. The Kier molecular flexibility index (Phi) is 2.37. The van der Waals surface area contributed by atoms with E-state index in [0.29, 0.717) is 0 Å². The zero-order valence-electron chi connectivity index (χ0n) is 9.45. The summed E-state index contributed by atoms with van der Waals surface area (Å²) in [6, 6.07) is 16.5. The molecule has 0 spiro atoms. The van der Waals surface area contributed by atoms with Gasteiger partial charge in [0.25, 0.3) is 0 Å². The number of hydrogen-bond acceptors (Lipinski definition) is 1. The van der Waals surface area contributed by atoms with Crippen molar-refractivity contribution in [1.82, 2.24) is 4.98 Å². The van der Waals surface area contributed by atoms with Crippen molar-refractivity contribution < 1.29 is 0 Å². The molecule has 0 amide bonds. The Morgan fingerprint density at radius 3 is 2.12 bits per heavy atom. The predicted octanol–water partition coefficient (Wildman–Crippen LogP) is 3.49. The Morgan fingerprint density at radius 2 is 1.47 bits per heavy atom. The van der Waals surface area contributed by atoms with E-state index in [1.165, 1.54) is 5.56 Å². The van der Waals surface area contributed by atoms with Crippen molar-refractivity contribution in [3.8, 4) is 0 Å². The molecule has 1 aromatic carbocycles. The first-order valence-electron chi connectivity index (χ1n) is 5.76. The minimum atomic E-state index is -0.192. The fraction of sp³-hybridized carbons (Fsp3) is 0.0625. The van der Waals surface area contributed by atoms with Crippen LogP contribution in [0.2, 0.25) is 0 Å². The lowest BCUT2D eigenvalue weighted by atomic mass is 9.79. The van der Waals surface area contributed by atoms with Crippen molar-refractivity contribution >= 4 is 0 Å². The second-order valence-corrected chi connectivity index (χ2v) is 4.17. The number of nitrogens with zero attached hydrogens (tertiary/aromatic N) is 1.